The SMILES string of the molecule is CCC(NC1CCCC1C#N)C1CCCCC1. The molecule has 0 saturated heterocycles. The lowest BCUT2D eigenvalue weighted by molar-refractivity contribution is 0.238. The first kappa shape index (κ1) is 12.9. The summed E-state index contributed by atoms with van der Waals surface area (Å²) in [5, 5.41) is 13.0. The molecule has 0 aliphatic heterocycles. The van der Waals surface area contributed by atoms with Crippen LogP contribution in [0.25, 0.3) is 0 Å². The van der Waals surface area contributed by atoms with Crippen LogP contribution in [-0.4, -0.2) is 12.1 Å². The van der Waals surface area contributed by atoms with Gasteiger partial charge in [-0.3, -0.25) is 0 Å². The van der Waals surface area contributed by atoms with Crippen molar-refractivity contribution in [1.82, 2.24) is 5.32 Å². The van der Waals surface area contributed by atoms with Gasteiger partial charge in [-0.1, -0.05) is 32.6 Å². The van der Waals surface area contributed by atoms with Gasteiger partial charge in [0.05, 0.1) is 12.0 Å². The quantitative estimate of drug-likeness (QED) is 0.806. The number of rotatable bonds is 4. The lowest BCUT2D eigenvalue weighted by Crippen LogP contribution is -2.44. The summed E-state index contributed by atoms with van der Waals surface area (Å²) in [7, 11) is 0. The van der Waals surface area contributed by atoms with Crippen LogP contribution in [0.2, 0.25) is 0 Å². The third kappa shape index (κ3) is 3.22. The van der Waals surface area contributed by atoms with Crippen LogP contribution in [0.15, 0.2) is 0 Å². The number of nitriles is 1. The van der Waals surface area contributed by atoms with Crippen LogP contribution in [-0.2, 0) is 0 Å². The van der Waals surface area contributed by atoms with E-state index in [4.69, 9.17) is 5.26 Å². The molecule has 2 nitrogen and oxygen atoms in total. The van der Waals surface area contributed by atoms with E-state index in [-0.39, 0.29) is 5.92 Å². The molecule has 2 heteroatoms. The molecule has 0 radical (unpaired) electrons. The zero-order valence-electron chi connectivity index (χ0n) is 11.1. The lowest BCUT2D eigenvalue weighted by atomic mass is 9.82. The zero-order valence-corrected chi connectivity index (χ0v) is 11.1. The highest BCUT2D eigenvalue weighted by Crippen LogP contribution is 2.31. The minimum Gasteiger partial charge on any atom is -0.310 e. The Kier molecular flexibility index (Phi) is 4.86. The molecule has 0 heterocycles. The van der Waals surface area contributed by atoms with Gasteiger partial charge in [0, 0.05) is 12.1 Å². The van der Waals surface area contributed by atoms with Crippen LogP contribution in [0.3, 0.4) is 0 Å². The first-order valence-electron chi connectivity index (χ1n) is 7.50. The number of hydrogen-bond donors (Lipinski definition) is 1. The molecule has 2 aliphatic carbocycles. The van der Waals surface area contributed by atoms with E-state index in [1.807, 2.05) is 0 Å². The van der Waals surface area contributed by atoms with Crippen molar-refractivity contribution in [3.8, 4) is 6.07 Å². The van der Waals surface area contributed by atoms with Gasteiger partial charge >= 0.3 is 0 Å². The van der Waals surface area contributed by atoms with E-state index in [1.54, 1.807) is 0 Å². The summed E-state index contributed by atoms with van der Waals surface area (Å²) in [5.74, 6) is 1.14. The van der Waals surface area contributed by atoms with E-state index < -0.39 is 0 Å². The normalized spacial score (nSPS) is 32.2. The molecule has 2 saturated carbocycles. The van der Waals surface area contributed by atoms with Crippen LogP contribution >= 0.6 is 0 Å². The van der Waals surface area contributed by atoms with Crippen molar-refractivity contribution in [2.24, 2.45) is 11.8 Å². The average Bonchev–Trinajstić information content (AvgIpc) is 2.84. The lowest BCUT2D eigenvalue weighted by Gasteiger charge is -2.33. The molecule has 96 valence electrons. The van der Waals surface area contributed by atoms with Crippen LogP contribution in [0.5, 0.6) is 0 Å². The molecule has 0 spiro atoms. The first-order valence-corrected chi connectivity index (χ1v) is 7.50. The Morgan fingerprint density at radius 3 is 2.53 bits per heavy atom. The van der Waals surface area contributed by atoms with Crippen molar-refractivity contribution in [3.63, 3.8) is 0 Å². The number of hydrogen-bond acceptors (Lipinski definition) is 2. The van der Waals surface area contributed by atoms with Gasteiger partial charge < -0.3 is 5.32 Å². The van der Waals surface area contributed by atoms with Crippen LogP contribution in [0.1, 0.15) is 64.7 Å². The Bertz CT molecular complexity index is 263. The predicted octanol–water partition coefficient (Wildman–Crippen LogP) is 3.63. The van der Waals surface area contributed by atoms with E-state index in [2.05, 4.69) is 18.3 Å². The summed E-state index contributed by atoms with van der Waals surface area (Å²) < 4.78 is 0. The largest absolute Gasteiger partial charge is 0.310 e. The fourth-order valence-corrected chi connectivity index (χ4v) is 3.71. The van der Waals surface area contributed by atoms with Crippen molar-refractivity contribution in [2.45, 2.75) is 76.8 Å². The molecule has 2 rings (SSSR count). The minimum atomic E-state index is 0.271. The van der Waals surface area contributed by atoms with Crippen molar-refractivity contribution >= 4 is 0 Å². The first-order chi connectivity index (χ1) is 8.35. The number of nitrogens with one attached hydrogen (secondary N) is 1. The van der Waals surface area contributed by atoms with Crippen molar-refractivity contribution in [3.05, 3.63) is 0 Å². The molecule has 3 unspecified atom stereocenters. The van der Waals surface area contributed by atoms with Crippen molar-refractivity contribution in [2.75, 3.05) is 0 Å². The van der Waals surface area contributed by atoms with Gasteiger partial charge in [0.1, 0.15) is 0 Å². The third-order valence-electron chi connectivity index (χ3n) is 4.77. The Balaban J connectivity index is 1.88. The van der Waals surface area contributed by atoms with Gasteiger partial charge in [-0.25, -0.2) is 0 Å². The second-order valence-corrected chi connectivity index (χ2v) is 5.85. The van der Waals surface area contributed by atoms with E-state index in [1.165, 1.54) is 51.4 Å². The second-order valence-electron chi connectivity index (χ2n) is 5.85. The van der Waals surface area contributed by atoms with Crippen molar-refractivity contribution in [1.29, 1.82) is 5.26 Å². The molecule has 0 aromatic carbocycles. The Hall–Kier alpha value is -0.550. The van der Waals surface area contributed by atoms with Gasteiger partial charge in [-0.2, -0.15) is 5.26 Å². The molecule has 0 aromatic heterocycles. The summed E-state index contributed by atoms with van der Waals surface area (Å²) in [6.45, 7) is 2.29. The average molecular weight is 234 g/mol. The van der Waals surface area contributed by atoms with Gasteiger partial charge in [0.15, 0.2) is 0 Å². The van der Waals surface area contributed by atoms with Crippen LogP contribution in [0, 0.1) is 23.2 Å². The van der Waals surface area contributed by atoms with E-state index in [0.717, 1.165) is 12.3 Å². The molecular formula is C15H26N2. The molecule has 17 heavy (non-hydrogen) atoms. The monoisotopic (exact) mass is 234 g/mol. The maximum atomic E-state index is 9.14. The molecule has 2 fully saturated rings. The molecule has 3 atom stereocenters. The molecule has 2 aliphatic rings. The number of nitrogens with zero attached hydrogens (tertiary/aromatic N) is 1. The van der Waals surface area contributed by atoms with Crippen LogP contribution < -0.4 is 5.32 Å². The standard InChI is InChI=1S/C15H26N2/c1-2-14(12-7-4-3-5-8-12)17-15-10-6-9-13(15)11-16/h12-15,17H,2-10H2,1H3. The third-order valence-corrected chi connectivity index (χ3v) is 4.77. The van der Waals surface area contributed by atoms with E-state index in [0.29, 0.717) is 12.1 Å². The summed E-state index contributed by atoms with van der Waals surface area (Å²) in [4.78, 5) is 0. The fourth-order valence-electron chi connectivity index (χ4n) is 3.71. The van der Waals surface area contributed by atoms with Gasteiger partial charge in [-0.15, -0.1) is 0 Å². The minimum absolute atomic E-state index is 0.271. The fraction of sp³-hybridized carbons (Fsp3) is 0.933. The summed E-state index contributed by atoms with van der Waals surface area (Å²) in [6, 6.07) is 3.62. The molecule has 1 N–H and O–H groups in total. The van der Waals surface area contributed by atoms with Gasteiger partial charge in [-0.05, 0) is 38.0 Å². The smallest absolute Gasteiger partial charge is 0.0672 e. The highest BCUT2D eigenvalue weighted by atomic mass is 15.0. The molecule has 0 amide bonds. The van der Waals surface area contributed by atoms with Crippen LogP contribution in [0.4, 0.5) is 0 Å². The van der Waals surface area contributed by atoms with E-state index >= 15 is 0 Å². The second kappa shape index (κ2) is 6.40. The van der Waals surface area contributed by atoms with Crippen molar-refractivity contribution < 1.29 is 0 Å². The highest BCUT2D eigenvalue weighted by Gasteiger charge is 2.31. The Morgan fingerprint density at radius 2 is 1.88 bits per heavy atom. The Morgan fingerprint density at radius 1 is 1.12 bits per heavy atom. The summed E-state index contributed by atoms with van der Waals surface area (Å²) >= 11 is 0. The summed E-state index contributed by atoms with van der Waals surface area (Å²) in [5.41, 5.74) is 0. The van der Waals surface area contributed by atoms with Gasteiger partial charge in [0.25, 0.3) is 0 Å². The maximum Gasteiger partial charge on any atom is 0.0672 e. The Labute approximate surface area is 106 Å². The maximum absolute atomic E-state index is 9.14. The van der Waals surface area contributed by atoms with E-state index in [9.17, 15) is 0 Å². The predicted molar refractivity (Wildman–Crippen MR) is 70.5 cm³/mol. The van der Waals surface area contributed by atoms with Gasteiger partial charge in [0.2, 0.25) is 0 Å². The highest BCUT2D eigenvalue weighted by molar-refractivity contribution is 4.98. The summed E-state index contributed by atoms with van der Waals surface area (Å²) in [6.07, 6.45) is 11.8. The molecular weight excluding hydrogens is 208 g/mol. The molecule has 0 aromatic rings. The molecule has 0 bridgehead atoms. The zero-order chi connectivity index (χ0) is 12.1. The topological polar surface area (TPSA) is 35.8 Å².